The van der Waals surface area contributed by atoms with Gasteiger partial charge in [-0.2, -0.15) is 0 Å². The summed E-state index contributed by atoms with van der Waals surface area (Å²) in [4.78, 5) is 17.5. The van der Waals surface area contributed by atoms with Crippen molar-refractivity contribution in [1.29, 1.82) is 0 Å². The van der Waals surface area contributed by atoms with Gasteiger partial charge in [0.15, 0.2) is 5.96 Å². The number of guanidine groups is 1. The molecule has 1 aromatic carbocycles. The maximum atomic E-state index is 4.51. The van der Waals surface area contributed by atoms with Crippen LogP contribution < -0.4 is 5.32 Å². The molecule has 6 nitrogen and oxygen atoms in total. The van der Waals surface area contributed by atoms with Gasteiger partial charge < -0.3 is 15.2 Å². The Labute approximate surface area is 161 Å². The van der Waals surface area contributed by atoms with Gasteiger partial charge in [-0.3, -0.25) is 9.89 Å². The van der Waals surface area contributed by atoms with Crippen molar-refractivity contribution < 1.29 is 0 Å². The van der Waals surface area contributed by atoms with Crippen molar-refractivity contribution in [1.82, 2.24) is 25.1 Å². The number of imidazole rings is 1. The lowest BCUT2D eigenvalue weighted by Gasteiger charge is -2.32. The van der Waals surface area contributed by atoms with Gasteiger partial charge in [0, 0.05) is 26.2 Å². The first-order chi connectivity index (χ1) is 13.3. The molecule has 2 aliphatic heterocycles. The smallest absolute Gasteiger partial charge is 0.194 e. The summed E-state index contributed by atoms with van der Waals surface area (Å²) in [6, 6.07) is 11.0. The predicted octanol–water partition coefficient (Wildman–Crippen LogP) is 2.71. The number of likely N-dealkylation sites (tertiary alicyclic amines) is 2. The SMILES string of the molecule is CN=C(NCc1ncc(-c2ccccc2)[nH]1)N1CCC(N2CCCCC2)C1. The lowest BCUT2D eigenvalue weighted by Crippen LogP contribution is -2.44. The Morgan fingerprint density at radius 3 is 2.78 bits per heavy atom. The van der Waals surface area contributed by atoms with Crippen LogP contribution >= 0.6 is 0 Å². The van der Waals surface area contributed by atoms with Gasteiger partial charge in [-0.05, 0) is 37.9 Å². The van der Waals surface area contributed by atoms with Crippen LogP contribution in [-0.4, -0.2) is 65.0 Å². The molecule has 0 aliphatic carbocycles. The number of hydrogen-bond acceptors (Lipinski definition) is 3. The normalized spacial score (nSPS) is 21.6. The molecule has 144 valence electrons. The van der Waals surface area contributed by atoms with Gasteiger partial charge in [0.25, 0.3) is 0 Å². The fourth-order valence-electron chi connectivity index (χ4n) is 4.23. The third-order valence-electron chi connectivity index (χ3n) is 5.71. The summed E-state index contributed by atoms with van der Waals surface area (Å²) in [6.07, 6.45) is 7.23. The fourth-order valence-corrected chi connectivity index (χ4v) is 4.23. The Morgan fingerprint density at radius 2 is 2.00 bits per heavy atom. The van der Waals surface area contributed by atoms with Crippen molar-refractivity contribution in [2.45, 2.75) is 38.3 Å². The summed E-state index contributed by atoms with van der Waals surface area (Å²) in [5.74, 6) is 1.91. The van der Waals surface area contributed by atoms with E-state index in [1.165, 1.54) is 38.8 Å². The predicted molar refractivity (Wildman–Crippen MR) is 110 cm³/mol. The molecule has 2 aromatic rings. The fraction of sp³-hybridized carbons (Fsp3) is 0.524. The van der Waals surface area contributed by atoms with Crippen LogP contribution in [0.2, 0.25) is 0 Å². The monoisotopic (exact) mass is 366 g/mol. The topological polar surface area (TPSA) is 59.6 Å². The van der Waals surface area contributed by atoms with E-state index < -0.39 is 0 Å². The minimum atomic E-state index is 0.657. The molecule has 1 unspecified atom stereocenters. The van der Waals surface area contributed by atoms with E-state index in [0.717, 1.165) is 36.1 Å². The Kier molecular flexibility index (Phi) is 5.72. The van der Waals surface area contributed by atoms with Gasteiger partial charge in [0.1, 0.15) is 5.82 Å². The number of rotatable bonds is 4. The molecule has 27 heavy (non-hydrogen) atoms. The highest BCUT2D eigenvalue weighted by molar-refractivity contribution is 5.80. The van der Waals surface area contributed by atoms with E-state index >= 15 is 0 Å². The highest BCUT2D eigenvalue weighted by Gasteiger charge is 2.29. The van der Waals surface area contributed by atoms with Gasteiger partial charge in [-0.25, -0.2) is 4.98 Å². The maximum absolute atomic E-state index is 4.51. The second-order valence-corrected chi connectivity index (χ2v) is 7.50. The van der Waals surface area contributed by atoms with Gasteiger partial charge >= 0.3 is 0 Å². The molecule has 0 bridgehead atoms. The minimum Gasteiger partial charge on any atom is -0.349 e. The van der Waals surface area contributed by atoms with Gasteiger partial charge in [0.05, 0.1) is 18.4 Å². The van der Waals surface area contributed by atoms with Gasteiger partial charge in [-0.15, -0.1) is 0 Å². The van der Waals surface area contributed by atoms with Crippen LogP contribution in [0.25, 0.3) is 11.3 Å². The Balaban J connectivity index is 1.31. The number of aromatic amines is 1. The molecule has 0 radical (unpaired) electrons. The average molecular weight is 367 g/mol. The van der Waals surface area contributed by atoms with Crippen molar-refractivity contribution in [2.24, 2.45) is 4.99 Å². The Bertz CT molecular complexity index is 747. The van der Waals surface area contributed by atoms with E-state index in [0.29, 0.717) is 12.6 Å². The zero-order valence-corrected chi connectivity index (χ0v) is 16.2. The molecule has 1 atom stereocenters. The van der Waals surface area contributed by atoms with E-state index in [1.54, 1.807) is 0 Å². The number of benzene rings is 1. The molecule has 4 rings (SSSR count). The maximum Gasteiger partial charge on any atom is 0.194 e. The van der Waals surface area contributed by atoms with Crippen molar-refractivity contribution in [3.63, 3.8) is 0 Å². The van der Waals surface area contributed by atoms with Crippen LogP contribution in [0.5, 0.6) is 0 Å². The molecule has 2 N–H and O–H groups in total. The standard InChI is InChI=1S/C21H30N6/c1-22-21(27-13-10-18(16-27)26-11-6-3-7-12-26)24-15-20-23-14-19(25-20)17-8-4-2-5-9-17/h2,4-5,8-9,14,18H,3,6-7,10-13,15-16H2,1H3,(H,22,24)(H,23,25). The van der Waals surface area contributed by atoms with Crippen molar-refractivity contribution >= 4 is 5.96 Å². The Morgan fingerprint density at radius 1 is 1.19 bits per heavy atom. The molecular weight excluding hydrogens is 336 g/mol. The molecule has 0 spiro atoms. The van der Waals surface area contributed by atoms with Crippen LogP contribution in [0.3, 0.4) is 0 Å². The van der Waals surface area contributed by atoms with Crippen LogP contribution in [0.4, 0.5) is 0 Å². The quantitative estimate of drug-likeness (QED) is 0.645. The van der Waals surface area contributed by atoms with E-state index in [2.05, 4.69) is 42.2 Å². The number of piperidine rings is 1. The summed E-state index contributed by atoms with van der Waals surface area (Å²) >= 11 is 0. The summed E-state index contributed by atoms with van der Waals surface area (Å²) < 4.78 is 0. The van der Waals surface area contributed by atoms with Crippen LogP contribution in [-0.2, 0) is 6.54 Å². The number of aliphatic imine (C=N–C) groups is 1. The second kappa shape index (κ2) is 8.57. The number of nitrogens with one attached hydrogen (secondary N) is 2. The van der Waals surface area contributed by atoms with Crippen molar-refractivity contribution in [3.8, 4) is 11.3 Å². The van der Waals surface area contributed by atoms with Crippen LogP contribution in [0.1, 0.15) is 31.5 Å². The third kappa shape index (κ3) is 4.33. The van der Waals surface area contributed by atoms with Crippen molar-refractivity contribution in [2.75, 3.05) is 33.2 Å². The molecule has 0 amide bonds. The summed E-state index contributed by atoms with van der Waals surface area (Å²) in [6.45, 7) is 5.34. The highest BCUT2D eigenvalue weighted by Crippen LogP contribution is 2.20. The highest BCUT2D eigenvalue weighted by atomic mass is 15.3. The van der Waals surface area contributed by atoms with Crippen LogP contribution in [0, 0.1) is 0 Å². The van der Waals surface area contributed by atoms with Gasteiger partial charge in [0.2, 0.25) is 0 Å². The lowest BCUT2D eigenvalue weighted by atomic mass is 10.1. The van der Waals surface area contributed by atoms with E-state index in [4.69, 9.17) is 0 Å². The lowest BCUT2D eigenvalue weighted by molar-refractivity contribution is 0.168. The summed E-state index contributed by atoms with van der Waals surface area (Å²) in [7, 11) is 1.87. The molecule has 6 heteroatoms. The van der Waals surface area contributed by atoms with E-state index in [1.807, 2.05) is 31.4 Å². The zero-order valence-electron chi connectivity index (χ0n) is 16.2. The van der Waals surface area contributed by atoms with E-state index in [9.17, 15) is 0 Å². The summed E-state index contributed by atoms with van der Waals surface area (Å²) in [5, 5.41) is 3.48. The minimum absolute atomic E-state index is 0.657. The Hall–Kier alpha value is -2.34. The first-order valence-corrected chi connectivity index (χ1v) is 10.1. The van der Waals surface area contributed by atoms with E-state index in [-0.39, 0.29) is 0 Å². The summed E-state index contributed by atoms with van der Waals surface area (Å²) in [5.41, 5.74) is 2.21. The number of hydrogen-bond donors (Lipinski definition) is 2. The molecule has 2 saturated heterocycles. The number of nitrogens with zero attached hydrogens (tertiary/aromatic N) is 4. The average Bonchev–Trinajstić information content (AvgIpc) is 3.40. The first-order valence-electron chi connectivity index (χ1n) is 10.1. The van der Waals surface area contributed by atoms with Gasteiger partial charge in [-0.1, -0.05) is 36.8 Å². The molecule has 2 fully saturated rings. The van der Waals surface area contributed by atoms with Crippen LogP contribution in [0.15, 0.2) is 41.5 Å². The molecule has 3 heterocycles. The molecule has 2 aliphatic rings. The second-order valence-electron chi connectivity index (χ2n) is 7.50. The molecule has 1 aromatic heterocycles. The van der Waals surface area contributed by atoms with Crippen molar-refractivity contribution in [3.05, 3.63) is 42.4 Å². The molecular formula is C21H30N6. The largest absolute Gasteiger partial charge is 0.349 e. The number of aromatic nitrogens is 2. The zero-order chi connectivity index (χ0) is 18.5. The third-order valence-corrected chi connectivity index (χ3v) is 5.71. The number of H-pyrrole nitrogens is 1. The molecule has 0 saturated carbocycles. The first kappa shape index (κ1) is 18.0.